The summed E-state index contributed by atoms with van der Waals surface area (Å²) >= 11 is 7.01. The van der Waals surface area contributed by atoms with Crippen molar-refractivity contribution in [2.24, 2.45) is 0 Å². The number of benzene rings is 4. The number of hydrogen-bond acceptors (Lipinski definition) is 5. The Morgan fingerprint density at radius 2 is 1.58 bits per heavy atom. The molecule has 0 unspecified atom stereocenters. The van der Waals surface area contributed by atoms with Gasteiger partial charge in [-0.05, 0) is 65.2 Å². The number of nitrogens with zero attached hydrogens (tertiary/aromatic N) is 3. The number of ether oxygens (including phenoxy) is 1. The zero-order valence-corrected chi connectivity index (χ0v) is 27.2. The predicted molar refractivity (Wildman–Crippen MR) is 191 cm³/mol. The third-order valence-corrected chi connectivity index (χ3v) is 9.44. The first-order valence-corrected chi connectivity index (χ1v) is 16.9. The van der Waals surface area contributed by atoms with Crippen LogP contribution in [0.5, 0.6) is 5.75 Å². The monoisotopic (exact) mass is 631 g/mol. The van der Waals surface area contributed by atoms with Gasteiger partial charge in [-0.25, -0.2) is 4.68 Å². The van der Waals surface area contributed by atoms with E-state index in [0.717, 1.165) is 46.7 Å². The molecule has 1 saturated heterocycles. The fourth-order valence-electron chi connectivity index (χ4n) is 5.60. The molecule has 1 fully saturated rings. The first-order chi connectivity index (χ1) is 22.1. The van der Waals surface area contributed by atoms with Gasteiger partial charge in [-0.15, -0.1) is 0 Å². The third-order valence-electron chi connectivity index (χ3n) is 8.06. The fourth-order valence-corrected chi connectivity index (χ4v) is 6.90. The molecule has 228 valence electrons. The van der Waals surface area contributed by atoms with E-state index >= 15 is 0 Å². The van der Waals surface area contributed by atoms with Gasteiger partial charge in [-0.1, -0.05) is 124 Å². The molecular formula is C38H37N3O2S2. The quantitative estimate of drug-likeness (QED) is 0.0735. The first-order valence-electron chi connectivity index (χ1n) is 15.7. The van der Waals surface area contributed by atoms with Crippen molar-refractivity contribution in [2.75, 3.05) is 6.54 Å². The number of carbonyl (C=O) groups excluding carboxylic acids is 1. The minimum Gasteiger partial charge on any atom is -0.489 e. The molecule has 0 aliphatic carbocycles. The van der Waals surface area contributed by atoms with Crippen LogP contribution in [0.3, 0.4) is 0 Å². The van der Waals surface area contributed by atoms with Gasteiger partial charge in [-0.3, -0.25) is 9.69 Å². The van der Waals surface area contributed by atoms with Crippen LogP contribution in [0.1, 0.15) is 56.6 Å². The summed E-state index contributed by atoms with van der Waals surface area (Å²) in [6.07, 6.45) is 11.0. The molecule has 7 heteroatoms. The van der Waals surface area contributed by atoms with Gasteiger partial charge >= 0.3 is 0 Å². The number of hydrogen-bond donors (Lipinski definition) is 0. The Hall–Kier alpha value is -4.20. The standard InChI is InChI=1S/C38H37N3O2S2/c1-2-3-4-5-6-12-24-40-37(42)35(45-38(40)44)25-31-26-41(32-17-8-7-9-18-32)39-36(31)29-20-22-33(23-21-29)43-27-30-16-13-15-28-14-10-11-19-34(28)30/h7-11,13-23,25-26H,2-6,12,24,27H2,1H3. The number of unbranched alkanes of at least 4 members (excludes halogenated alkanes) is 5. The van der Waals surface area contributed by atoms with Crippen LogP contribution in [0, 0.1) is 0 Å². The molecule has 1 aromatic heterocycles. The number of rotatable bonds is 13. The zero-order chi connectivity index (χ0) is 31.0. The summed E-state index contributed by atoms with van der Waals surface area (Å²) in [6, 6.07) is 32.7. The highest BCUT2D eigenvalue weighted by atomic mass is 32.2. The van der Waals surface area contributed by atoms with Gasteiger partial charge in [-0.2, -0.15) is 5.10 Å². The summed E-state index contributed by atoms with van der Waals surface area (Å²) in [4.78, 5) is 15.8. The molecule has 1 aliphatic heterocycles. The lowest BCUT2D eigenvalue weighted by molar-refractivity contribution is -0.122. The Labute approximate surface area is 274 Å². The van der Waals surface area contributed by atoms with Crippen LogP contribution in [0.4, 0.5) is 0 Å². The lowest BCUT2D eigenvalue weighted by Gasteiger charge is -2.14. The number of thioether (sulfide) groups is 1. The van der Waals surface area contributed by atoms with Crippen LogP contribution in [0.15, 0.2) is 108 Å². The van der Waals surface area contributed by atoms with Crippen LogP contribution in [0.25, 0.3) is 33.8 Å². The van der Waals surface area contributed by atoms with Crippen LogP contribution in [-0.2, 0) is 11.4 Å². The van der Waals surface area contributed by atoms with Crippen LogP contribution in [0.2, 0.25) is 0 Å². The Kier molecular flexibility index (Phi) is 10.1. The van der Waals surface area contributed by atoms with Crippen molar-refractivity contribution in [2.45, 2.75) is 52.1 Å². The van der Waals surface area contributed by atoms with Crippen LogP contribution in [-0.4, -0.2) is 31.5 Å². The van der Waals surface area contributed by atoms with Gasteiger partial charge < -0.3 is 4.74 Å². The van der Waals surface area contributed by atoms with Gasteiger partial charge in [0.15, 0.2) is 0 Å². The second-order valence-electron chi connectivity index (χ2n) is 11.3. The maximum Gasteiger partial charge on any atom is 0.266 e. The molecule has 1 amide bonds. The highest BCUT2D eigenvalue weighted by molar-refractivity contribution is 8.26. The predicted octanol–water partition coefficient (Wildman–Crippen LogP) is 9.83. The van der Waals surface area contributed by atoms with Crippen molar-refractivity contribution in [3.8, 4) is 22.7 Å². The van der Waals surface area contributed by atoms with Gasteiger partial charge in [0.2, 0.25) is 0 Å². The second-order valence-corrected chi connectivity index (χ2v) is 12.9. The molecule has 45 heavy (non-hydrogen) atoms. The molecule has 0 atom stereocenters. The average Bonchev–Trinajstić information content (AvgIpc) is 3.62. The average molecular weight is 632 g/mol. The van der Waals surface area contributed by atoms with E-state index in [4.69, 9.17) is 22.1 Å². The van der Waals surface area contributed by atoms with E-state index in [1.54, 1.807) is 4.90 Å². The molecule has 0 bridgehead atoms. The van der Waals surface area contributed by atoms with E-state index in [-0.39, 0.29) is 5.91 Å². The largest absolute Gasteiger partial charge is 0.489 e. The molecular weight excluding hydrogens is 595 g/mol. The lowest BCUT2D eigenvalue weighted by atomic mass is 10.1. The van der Waals surface area contributed by atoms with E-state index in [0.29, 0.717) is 22.4 Å². The Morgan fingerprint density at radius 3 is 2.40 bits per heavy atom. The Bertz CT molecular complexity index is 1810. The first kappa shape index (κ1) is 30.8. The summed E-state index contributed by atoms with van der Waals surface area (Å²) in [7, 11) is 0. The van der Waals surface area contributed by atoms with Gasteiger partial charge in [0.05, 0.1) is 16.3 Å². The van der Waals surface area contributed by atoms with Crippen LogP contribution < -0.4 is 4.74 Å². The number of para-hydroxylation sites is 1. The molecule has 5 nitrogen and oxygen atoms in total. The van der Waals surface area contributed by atoms with Gasteiger partial charge in [0, 0.05) is 23.9 Å². The molecule has 1 aliphatic rings. The highest BCUT2D eigenvalue weighted by Crippen LogP contribution is 2.35. The van der Waals surface area contributed by atoms with Crippen molar-refractivity contribution in [1.29, 1.82) is 0 Å². The molecule has 2 heterocycles. The molecule has 4 aromatic carbocycles. The van der Waals surface area contributed by atoms with Crippen LogP contribution >= 0.6 is 24.0 Å². The zero-order valence-electron chi connectivity index (χ0n) is 25.5. The Balaban J connectivity index is 1.21. The summed E-state index contributed by atoms with van der Waals surface area (Å²) in [5.74, 6) is 0.764. The van der Waals surface area contributed by atoms with E-state index in [2.05, 4.69) is 49.4 Å². The fraction of sp³-hybridized carbons (Fsp3) is 0.237. The number of aromatic nitrogens is 2. The summed E-state index contributed by atoms with van der Waals surface area (Å²) < 4.78 is 8.69. The maximum absolute atomic E-state index is 13.4. The van der Waals surface area contributed by atoms with Gasteiger partial charge in [0.25, 0.3) is 5.91 Å². The van der Waals surface area contributed by atoms with E-state index in [9.17, 15) is 4.79 Å². The second kappa shape index (κ2) is 14.7. The summed E-state index contributed by atoms with van der Waals surface area (Å²) in [5.41, 5.74) is 4.69. The third kappa shape index (κ3) is 7.38. The maximum atomic E-state index is 13.4. The minimum absolute atomic E-state index is 0.0193. The topological polar surface area (TPSA) is 47.4 Å². The molecule has 0 N–H and O–H groups in total. The minimum atomic E-state index is -0.0193. The molecule has 6 rings (SSSR count). The summed E-state index contributed by atoms with van der Waals surface area (Å²) in [5, 5.41) is 7.37. The Morgan fingerprint density at radius 1 is 0.844 bits per heavy atom. The molecule has 5 aromatic rings. The molecule has 0 spiro atoms. The highest BCUT2D eigenvalue weighted by Gasteiger charge is 2.32. The smallest absolute Gasteiger partial charge is 0.266 e. The van der Waals surface area contributed by atoms with Crippen molar-refractivity contribution in [3.63, 3.8) is 0 Å². The van der Waals surface area contributed by atoms with Crippen molar-refractivity contribution >= 4 is 51.1 Å². The molecule has 0 radical (unpaired) electrons. The van der Waals surface area contributed by atoms with Crippen molar-refractivity contribution in [1.82, 2.24) is 14.7 Å². The number of fused-ring (bicyclic) bond motifs is 1. The lowest BCUT2D eigenvalue weighted by Crippen LogP contribution is -2.29. The van der Waals surface area contributed by atoms with E-state index in [1.165, 1.54) is 48.2 Å². The van der Waals surface area contributed by atoms with Gasteiger partial charge in [0.1, 0.15) is 16.7 Å². The SMILES string of the molecule is CCCCCCCCN1C(=O)C(=Cc2cn(-c3ccccc3)nc2-c2ccc(OCc3cccc4ccccc34)cc2)SC1=S. The molecule has 0 saturated carbocycles. The van der Waals surface area contributed by atoms with E-state index < -0.39 is 0 Å². The number of carbonyl (C=O) groups is 1. The number of thiocarbonyl (C=S) groups is 1. The number of amides is 1. The summed E-state index contributed by atoms with van der Waals surface area (Å²) in [6.45, 7) is 3.37. The van der Waals surface area contributed by atoms with E-state index in [1.807, 2.05) is 71.6 Å². The normalized spacial score (nSPS) is 14.2. The van der Waals surface area contributed by atoms with Crippen molar-refractivity contribution in [3.05, 3.63) is 119 Å². The van der Waals surface area contributed by atoms with Crippen molar-refractivity contribution < 1.29 is 9.53 Å².